The molecule has 0 aliphatic heterocycles. The minimum atomic E-state index is -4.06. The van der Waals surface area contributed by atoms with Gasteiger partial charge >= 0.3 is 0 Å². The number of amides is 1. The number of carbonyl (C=O) groups is 1. The molecule has 4 aromatic rings. The van der Waals surface area contributed by atoms with Crippen molar-refractivity contribution in [2.75, 3.05) is 19.0 Å². The molecule has 38 heavy (non-hydrogen) atoms. The van der Waals surface area contributed by atoms with Crippen LogP contribution in [0.5, 0.6) is 11.5 Å². The fourth-order valence-electron chi connectivity index (χ4n) is 3.87. The number of rotatable bonds is 11. The average Bonchev–Trinajstić information content (AvgIpc) is 2.93. The number of nitrogens with zero attached hydrogens (tertiary/aromatic N) is 1. The van der Waals surface area contributed by atoms with Crippen molar-refractivity contribution in [3.63, 3.8) is 0 Å². The molecule has 0 aliphatic carbocycles. The van der Waals surface area contributed by atoms with Crippen molar-refractivity contribution in [3.8, 4) is 11.5 Å². The molecule has 0 unspecified atom stereocenters. The SMILES string of the molecule is COc1ccc(C)cc1S(=O)(=O)N(CC(=O)Nc1ccc(OCc2ccccc2)cc1)Cc1ccccc1. The Morgan fingerprint density at radius 3 is 2.11 bits per heavy atom. The Kier molecular flexibility index (Phi) is 8.78. The van der Waals surface area contributed by atoms with E-state index in [4.69, 9.17) is 9.47 Å². The predicted molar refractivity (Wildman–Crippen MR) is 148 cm³/mol. The number of sulfonamides is 1. The van der Waals surface area contributed by atoms with Gasteiger partial charge in [0.15, 0.2) is 0 Å². The fraction of sp³-hybridized carbons (Fsp3) is 0.167. The van der Waals surface area contributed by atoms with Gasteiger partial charge in [-0.15, -0.1) is 0 Å². The highest BCUT2D eigenvalue weighted by Gasteiger charge is 2.30. The molecule has 0 atom stereocenters. The fourth-order valence-corrected chi connectivity index (χ4v) is 5.50. The van der Waals surface area contributed by atoms with Crippen LogP contribution in [0.15, 0.2) is 108 Å². The summed E-state index contributed by atoms with van der Waals surface area (Å²) in [4.78, 5) is 13.0. The molecule has 8 heteroatoms. The zero-order valence-corrected chi connectivity index (χ0v) is 22.1. The molecule has 7 nitrogen and oxygen atoms in total. The van der Waals surface area contributed by atoms with Crippen molar-refractivity contribution >= 4 is 21.6 Å². The normalized spacial score (nSPS) is 11.2. The van der Waals surface area contributed by atoms with Crippen LogP contribution in [-0.2, 0) is 28.0 Å². The molecule has 4 rings (SSSR count). The van der Waals surface area contributed by atoms with Crippen molar-refractivity contribution in [1.29, 1.82) is 0 Å². The van der Waals surface area contributed by atoms with Crippen LogP contribution < -0.4 is 14.8 Å². The van der Waals surface area contributed by atoms with Gasteiger partial charge < -0.3 is 14.8 Å². The molecule has 0 radical (unpaired) electrons. The van der Waals surface area contributed by atoms with Crippen LogP contribution in [0.2, 0.25) is 0 Å². The summed E-state index contributed by atoms with van der Waals surface area (Å²) in [5.74, 6) is 0.418. The zero-order valence-electron chi connectivity index (χ0n) is 21.3. The second kappa shape index (κ2) is 12.4. The van der Waals surface area contributed by atoms with Crippen LogP contribution in [0.1, 0.15) is 16.7 Å². The topological polar surface area (TPSA) is 84.9 Å². The zero-order chi connectivity index (χ0) is 27.0. The predicted octanol–water partition coefficient (Wildman–Crippen LogP) is 5.41. The Bertz CT molecular complexity index is 1460. The second-order valence-corrected chi connectivity index (χ2v) is 10.7. The van der Waals surface area contributed by atoms with Crippen molar-refractivity contribution in [2.24, 2.45) is 0 Å². The highest BCUT2D eigenvalue weighted by atomic mass is 32.2. The monoisotopic (exact) mass is 530 g/mol. The number of hydrogen-bond donors (Lipinski definition) is 1. The second-order valence-electron chi connectivity index (χ2n) is 8.76. The van der Waals surface area contributed by atoms with Crippen LogP contribution in [0.4, 0.5) is 5.69 Å². The van der Waals surface area contributed by atoms with Gasteiger partial charge in [-0.25, -0.2) is 8.42 Å². The largest absolute Gasteiger partial charge is 0.495 e. The number of ether oxygens (including phenoxy) is 2. The lowest BCUT2D eigenvalue weighted by Gasteiger charge is -2.23. The summed E-state index contributed by atoms with van der Waals surface area (Å²) in [6, 6.07) is 30.9. The van der Waals surface area contributed by atoms with Crippen LogP contribution in [-0.4, -0.2) is 32.3 Å². The minimum Gasteiger partial charge on any atom is -0.495 e. The van der Waals surface area contributed by atoms with Gasteiger partial charge in [0, 0.05) is 12.2 Å². The first-order valence-corrected chi connectivity index (χ1v) is 13.5. The summed E-state index contributed by atoms with van der Waals surface area (Å²) in [5.41, 5.74) is 3.11. The van der Waals surface area contributed by atoms with Crippen LogP contribution in [0.3, 0.4) is 0 Å². The maximum atomic E-state index is 13.7. The molecular formula is C30H30N2O5S. The highest BCUT2D eigenvalue weighted by Crippen LogP contribution is 2.29. The Hall–Kier alpha value is -4.14. The Balaban J connectivity index is 1.49. The molecular weight excluding hydrogens is 500 g/mol. The van der Waals surface area contributed by atoms with E-state index in [1.165, 1.54) is 7.11 Å². The van der Waals surface area contributed by atoms with Gasteiger partial charge in [0.25, 0.3) is 0 Å². The average molecular weight is 531 g/mol. The van der Waals surface area contributed by atoms with E-state index in [2.05, 4.69) is 5.32 Å². The molecule has 0 heterocycles. The number of hydrogen-bond acceptors (Lipinski definition) is 5. The lowest BCUT2D eigenvalue weighted by Crippen LogP contribution is -2.37. The van der Waals surface area contributed by atoms with E-state index in [0.29, 0.717) is 18.0 Å². The summed E-state index contributed by atoms with van der Waals surface area (Å²) in [6.45, 7) is 1.89. The molecule has 0 saturated carbocycles. The summed E-state index contributed by atoms with van der Waals surface area (Å²) in [6.07, 6.45) is 0. The number of nitrogens with one attached hydrogen (secondary N) is 1. The number of aryl methyl sites for hydroxylation is 1. The van der Waals surface area contributed by atoms with Crippen LogP contribution in [0.25, 0.3) is 0 Å². The van der Waals surface area contributed by atoms with Gasteiger partial charge in [0.1, 0.15) is 23.0 Å². The van der Waals surface area contributed by atoms with Crippen molar-refractivity contribution in [1.82, 2.24) is 4.31 Å². The number of carbonyl (C=O) groups excluding carboxylic acids is 1. The molecule has 0 aromatic heterocycles. The lowest BCUT2D eigenvalue weighted by molar-refractivity contribution is -0.116. The maximum absolute atomic E-state index is 13.7. The maximum Gasteiger partial charge on any atom is 0.247 e. The van der Waals surface area contributed by atoms with Gasteiger partial charge in [-0.3, -0.25) is 4.79 Å². The van der Waals surface area contributed by atoms with E-state index in [9.17, 15) is 13.2 Å². The first kappa shape index (κ1) is 26.9. The van der Waals surface area contributed by atoms with Gasteiger partial charge in [0.2, 0.25) is 15.9 Å². The van der Waals surface area contributed by atoms with E-state index in [1.807, 2.05) is 60.7 Å². The molecule has 0 fully saturated rings. The van der Waals surface area contributed by atoms with Crippen LogP contribution in [0, 0.1) is 6.92 Å². The summed E-state index contributed by atoms with van der Waals surface area (Å²) < 4.78 is 39.8. The summed E-state index contributed by atoms with van der Waals surface area (Å²) >= 11 is 0. The number of methoxy groups -OCH3 is 1. The third-order valence-corrected chi connectivity index (χ3v) is 7.66. The third kappa shape index (κ3) is 7.00. The molecule has 0 spiro atoms. The molecule has 196 valence electrons. The Morgan fingerprint density at radius 1 is 0.842 bits per heavy atom. The van der Waals surface area contributed by atoms with Crippen molar-refractivity contribution < 1.29 is 22.7 Å². The van der Waals surface area contributed by atoms with E-state index in [1.54, 1.807) is 49.4 Å². The van der Waals surface area contributed by atoms with E-state index < -0.39 is 15.9 Å². The first-order valence-electron chi connectivity index (χ1n) is 12.1. The van der Waals surface area contributed by atoms with Crippen molar-refractivity contribution in [3.05, 3.63) is 120 Å². The van der Waals surface area contributed by atoms with Gasteiger partial charge in [-0.2, -0.15) is 4.31 Å². The van der Waals surface area contributed by atoms with Crippen LogP contribution >= 0.6 is 0 Å². The van der Waals surface area contributed by atoms with Gasteiger partial charge in [-0.1, -0.05) is 66.7 Å². The Morgan fingerprint density at radius 2 is 1.47 bits per heavy atom. The number of benzene rings is 4. The smallest absolute Gasteiger partial charge is 0.247 e. The standard InChI is InChI=1S/C30H30N2O5S/c1-23-13-18-28(36-2)29(19-23)38(34,35)32(20-24-9-5-3-6-10-24)21-30(33)31-26-14-16-27(17-15-26)37-22-25-11-7-4-8-12-25/h3-19H,20-22H2,1-2H3,(H,31,33). The summed E-state index contributed by atoms with van der Waals surface area (Å²) in [5, 5.41) is 2.79. The quantitative estimate of drug-likeness (QED) is 0.280. The Labute approximate surface area is 223 Å². The van der Waals surface area contributed by atoms with Gasteiger partial charge in [0.05, 0.1) is 13.7 Å². The molecule has 0 bridgehead atoms. The molecule has 4 aromatic carbocycles. The molecule has 0 saturated heterocycles. The minimum absolute atomic E-state index is 0.0173. The molecule has 1 N–H and O–H groups in total. The number of anilines is 1. The van der Waals surface area contributed by atoms with E-state index in [-0.39, 0.29) is 23.7 Å². The molecule has 1 amide bonds. The van der Waals surface area contributed by atoms with E-state index in [0.717, 1.165) is 21.0 Å². The van der Waals surface area contributed by atoms with Gasteiger partial charge in [-0.05, 0) is 60.0 Å². The van der Waals surface area contributed by atoms with Crippen molar-refractivity contribution in [2.45, 2.75) is 25.0 Å². The third-order valence-electron chi connectivity index (χ3n) is 5.85. The first-order chi connectivity index (χ1) is 18.3. The summed E-state index contributed by atoms with van der Waals surface area (Å²) in [7, 11) is -2.64. The lowest BCUT2D eigenvalue weighted by atomic mass is 10.2. The molecule has 0 aliphatic rings. The highest BCUT2D eigenvalue weighted by molar-refractivity contribution is 7.89. The van der Waals surface area contributed by atoms with E-state index >= 15 is 0 Å².